The van der Waals surface area contributed by atoms with Gasteiger partial charge in [0.2, 0.25) is 6.29 Å². The molecule has 3 aromatic rings. The summed E-state index contributed by atoms with van der Waals surface area (Å²) >= 11 is 0. The van der Waals surface area contributed by atoms with Gasteiger partial charge in [-0.15, -0.1) is 0 Å². The predicted molar refractivity (Wildman–Crippen MR) is 90.8 cm³/mol. The van der Waals surface area contributed by atoms with Gasteiger partial charge in [-0.3, -0.25) is 9.78 Å². The van der Waals surface area contributed by atoms with Crippen LogP contribution in [-0.4, -0.2) is 24.5 Å². The van der Waals surface area contributed by atoms with E-state index in [4.69, 9.17) is 13.9 Å². The van der Waals surface area contributed by atoms with Crippen molar-refractivity contribution >= 4 is 17.3 Å². The molecule has 0 aliphatic heterocycles. The quantitative estimate of drug-likeness (QED) is 0.476. The smallest absolute Gasteiger partial charge is 0.217 e. The molecule has 5 nitrogen and oxygen atoms in total. The summed E-state index contributed by atoms with van der Waals surface area (Å²) in [6, 6.07) is 9.19. The molecule has 0 atom stereocenters. The summed E-state index contributed by atoms with van der Waals surface area (Å²) in [6.07, 6.45) is 3.79. The maximum atomic E-state index is 10.8. The van der Waals surface area contributed by atoms with E-state index in [0.717, 1.165) is 28.4 Å². The average molecular weight is 325 g/mol. The van der Waals surface area contributed by atoms with Crippen LogP contribution in [0.3, 0.4) is 0 Å². The van der Waals surface area contributed by atoms with Crippen LogP contribution in [0.25, 0.3) is 22.1 Å². The molecule has 0 amide bonds. The van der Waals surface area contributed by atoms with Gasteiger partial charge >= 0.3 is 0 Å². The molecule has 0 fully saturated rings. The zero-order valence-electron chi connectivity index (χ0n) is 13.7. The lowest BCUT2D eigenvalue weighted by molar-refractivity contribution is -0.150. The summed E-state index contributed by atoms with van der Waals surface area (Å²) in [7, 11) is 0. The number of fused-ring (bicyclic) bond motifs is 1. The van der Waals surface area contributed by atoms with Crippen molar-refractivity contribution in [2.45, 2.75) is 20.1 Å². The third kappa shape index (κ3) is 3.22. The standard InChI is InChI=1S/C19H19NO4/c1-3-22-19(23-4-2)17-9-15-10-20-11-16(18(15)24-17)14-7-5-13(12-21)6-8-14/h5-12,19H,3-4H2,1-2H3. The number of aldehydes is 1. The first-order valence-electron chi connectivity index (χ1n) is 7.93. The van der Waals surface area contributed by atoms with Crippen LogP contribution in [0.15, 0.2) is 47.1 Å². The molecule has 0 unspecified atom stereocenters. The summed E-state index contributed by atoms with van der Waals surface area (Å²) in [5.41, 5.74) is 3.15. The Morgan fingerprint density at radius 1 is 1.12 bits per heavy atom. The van der Waals surface area contributed by atoms with Gasteiger partial charge in [0.25, 0.3) is 0 Å². The third-order valence-electron chi connectivity index (χ3n) is 3.67. The summed E-state index contributed by atoms with van der Waals surface area (Å²) in [5, 5.41) is 0.881. The molecule has 0 saturated heterocycles. The number of pyridine rings is 1. The van der Waals surface area contributed by atoms with Crippen LogP contribution in [0.5, 0.6) is 0 Å². The number of rotatable bonds is 7. The molecule has 24 heavy (non-hydrogen) atoms. The number of benzene rings is 1. The molecule has 0 saturated carbocycles. The molecule has 1 aromatic carbocycles. The number of hydrogen-bond donors (Lipinski definition) is 0. The summed E-state index contributed by atoms with van der Waals surface area (Å²) in [5.74, 6) is 0.618. The van der Waals surface area contributed by atoms with E-state index in [-0.39, 0.29) is 0 Å². The Labute approximate surface area is 140 Å². The second-order valence-electron chi connectivity index (χ2n) is 5.24. The van der Waals surface area contributed by atoms with Crippen LogP contribution < -0.4 is 0 Å². The van der Waals surface area contributed by atoms with E-state index in [9.17, 15) is 4.79 Å². The number of hydrogen-bond acceptors (Lipinski definition) is 5. The predicted octanol–water partition coefficient (Wildman–Crippen LogP) is 4.38. The number of aromatic nitrogens is 1. The van der Waals surface area contributed by atoms with Crippen molar-refractivity contribution in [2.24, 2.45) is 0 Å². The number of furan rings is 1. The van der Waals surface area contributed by atoms with E-state index in [0.29, 0.717) is 24.5 Å². The lowest BCUT2D eigenvalue weighted by atomic mass is 10.0. The first-order valence-corrected chi connectivity index (χ1v) is 7.93. The number of carbonyl (C=O) groups is 1. The van der Waals surface area contributed by atoms with Crippen molar-refractivity contribution in [3.8, 4) is 11.1 Å². The molecule has 124 valence electrons. The van der Waals surface area contributed by atoms with Crippen LogP contribution >= 0.6 is 0 Å². The molecule has 2 heterocycles. The Morgan fingerprint density at radius 3 is 2.46 bits per heavy atom. The maximum absolute atomic E-state index is 10.8. The van der Waals surface area contributed by atoms with Crippen LogP contribution in [0.2, 0.25) is 0 Å². The van der Waals surface area contributed by atoms with Crippen molar-refractivity contribution in [1.82, 2.24) is 4.98 Å². The Kier molecular flexibility index (Phi) is 5.03. The normalized spacial score (nSPS) is 11.3. The molecule has 0 aliphatic carbocycles. The van der Waals surface area contributed by atoms with Crippen LogP contribution in [0.4, 0.5) is 0 Å². The van der Waals surface area contributed by atoms with Gasteiger partial charge in [-0.25, -0.2) is 0 Å². The van der Waals surface area contributed by atoms with Gasteiger partial charge in [-0.2, -0.15) is 0 Å². The minimum absolute atomic E-state index is 0.528. The van der Waals surface area contributed by atoms with Crippen LogP contribution in [0.1, 0.15) is 36.3 Å². The lowest BCUT2D eigenvalue weighted by Crippen LogP contribution is -2.07. The van der Waals surface area contributed by atoms with Gasteiger partial charge in [-0.1, -0.05) is 24.3 Å². The Hall–Kier alpha value is -2.50. The van der Waals surface area contributed by atoms with Gasteiger partial charge in [-0.05, 0) is 25.5 Å². The van der Waals surface area contributed by atoms with Gasteiger partial charge in [0.15, 0.2) is 5.76 Å². The van der Waals surface area contributed by atoms with E-state index in [2.05, 4.69) is 4.98 Å². The van der Waals surface area contributed by atoms with Gasteiger partial charge < -0.3 is 13.9 Å². The SMILES string of the molecule is CCOC(OCC)c1cc2cncc(-c3ccc(C=O)cc3)c2o1. The van der Waals surface area contributed by atoms with E-state index >= 15 is 0 Å². The Morgan fingerprint density at radius 2 is 1.83 bits per heavy atom. The van der Waals surface area contributed by atoms with Gasteiger partial charge in [0.05, 0.1) is 0 Å². The Balaban J connectivity index is 2.04. The van der Waals surface area contributed by atoms with Crippen molar-refractivity contribution in [2.75, 3.05) is 13.2 Å². The molecular formula is C19H19NO4. The number of ether oxygens (including phenoxy) is 2. The van der Waals surface area contributed by atoms with Crippen molar-refractivity contribution in [3.63, 3.8) is 0 Å². The molecule has 2 aromatic heterocycles. The maximum Gasteiger partial charge on any atom is 0.217 e. The summed E-state index contributed by atoms with van der Waals surface area (Å²) in [6.45, 7) is 4.88. The summed E-state index contributed by atoms with van der Waals surface area (Å²) < 4.78 is 17.2. The zero-order valence-corrected chi connectivity index (χ0v) is 13.7. The average Bonchev–Trinajstić information content (AvgIpc) is 3.06. The van der Waals surface area contributed by atoms with Crippen molar-refractivity contribution < 1.29 is 18.7 Å². The van der Waals surface area contributed by atoms with Gasteiger partial charge in [0.1, 0.15) is 11.9 Å². The Bertz CT molecular complexity index is 817. The van der Waals surface area contributed by atoms with E-state index in [1.54, 1.807) is 24.5 Å². The first-order chi connectivity index (χ1) is 11.8. The molecule has 0 bridgehead atoms. The van der Waals surface area contributed by atoms with Crippen LogP contribution in [0, 0.1) is 0 Å². The zero-order chi connectivity index (χ0) is 16.9. The number of carbonyl (C=O) groups excluding carboxylic acids is 1. The van der Waals surface area contributed by atoms with Crippen molar-refractivity contribution in [3.05, 3.63) is 54.0 Å². The highest BCUT2D eigenvalue weighted by molar-refractivity contribution is 5.92. The fourth-order valence-corrected chi connectivity index (χ4v) is 2.56. The lowest BCUT2D eigenvalue weighted by Gasteiger charge is -2.13. The van der Waals surface area contributed by atoms with Crippen LogP contribution in [-0.2, 0) is 9.47 Å². The second kappa shape index (κ2) is 7.38. The van der Waals surface area contributed by atoms with Gasteiger partial charge in [0, 0.05) is 42.1 Å². The third-order valence-corrected chi connectivity index (χ3v) is 3.67. The van der Waals surface area contributed by atoms with E-state index in [1.165, 1.54) is 0 Å². The fourth-order valence-electron chi connectivity index (χ4n) is 2.56. The molecule has 0 aliphatic rings. The molecule has 0 spiro atoms. The minimum atomic E-state index is -0.530. The molecule has 5 heteroatoms. The van der Waals surface area contributed by atoms with E-state index < -0.39 is 6.29 Å². The minimum Gasteiger partial charge on any atom is -0.455 e. The van der Waals surface area contributed by atoms with E-state index in [1.807, 2.05) is 32.0 Å². The highest BCUT2D eigenvalue weighted by Crippen LogP contribution is 2.33. The highest BCUT2D eigenvalue weighted by Gasteiger charge is 2.18. The first kappa shape index (κ1) is 16.4. The molecule has 0 N–H and O–H groups in total. The largest absolute Gasteiger partial charge is 0.455 e. The second-order valence-corrected chi connectivity index (χ2v) is 5.24. The number of nitrogens with zero attached hydrogens (tertiary/aromatic N) is 1. The summed E-state index contributed by atoms with van der Waals surface area (Å²) in [4.78, 5) is 15.1. The molecular weight excluding hydrogens is 306 g/mol. The monoisotopic (exact) mass is 325 g/mol. The molecule has 0 radical (unpaired) electrons. The molecule has 3 rings (SSSR count). The van der Waals surface area contributed by atoms with Crippen molar-refractivity contribution in [1.29, 1.82) is 0 Å². The topological polar surface area (TPSA) is 61.6 Å². The highest BCUT2D eigenvalue weighted by atomic mass is 16.7. The fraction of sp³-hybridized carbons (Fsp3) is 0.263.